The van der Waals surface area contributed by atoms with Gasteiger partial charge in [-0.15, -0.1) is 0 Å². The molecule has 128 valence electrons. The molecule has 6 nitrogen and oxygen atoms in total. The van der Waals surface area contributed by atoms with E-state index in [1.165, 1.54) is 25.1 Å². The van der Waals surface area contributed by atoms with Crippen molar-refractivity contribution < 1.29 is 14.3 Å². The summed E-state index contributed by atoms with van der Waals surface area (Å²) in [5.41, 5.74) is 5.26. The van der Waals surface area contributed by atoms with Crippen LogP contribution in [0.3, 0.4) is 0 Å². The summed E-state index contributed by atoms with van der Waals surface area (Å²) in [5.74, 6) is -1.15. The highest BCUT2D eigenvalue weighted by Gasteiger charge is 2.35. The molecule has 1 saturated carbocycles. The van der Waals surface area contributed by atoms with Crippen LogP contribution in [0.5, 0.6) is 0 Å². The van der Waals surface area contributed by atoms with Crippen LogP contribution in [0.25, 0.3) is 0 Å². The van der Waals surface area contributed by atoms with Crippen molar-refractivity contribution in [3.8, 4) is 6.07 Å². The van der Waals surface area contributed by atoms with Gasteiger partial charge in [-0.1, -0.05) is 30.9 Å². The summed E-state index contributed by atoms with van der Waals surface area (Å²) in [6, 6.07) is 6.56. The molecule has 1 atom stereocenters. The summed E-state index contributed by atoms with van der Waals surface area (Å²) in [6.07, 6.45) is 3.06. The van der Waals surface area contributed by atoms with Gasteiger partial charge in [0.2, 0.25) is 0 Å². The first-order valence-corrected chi connectivity index (χ1v) is 8.24. The molecule has 0 spiro atoms. The van der Waals surface area contributed by atoms with Gasteiger partial charge >= 0.3 is 5.97 Å². The molecule has 0 unspecified atom stereocenters. The standard InChI is InChI=1S/C17H20ClN3O3/c1-11(15(22)21-17(10-19)7-3-2-4-8-17)24-16(23)12-5-6-13(18)14(20)9-12/h5-6,9,11H,2-4,7-8,20H2,1H3,(H,21,22)/t11-/m0/s1. The zero-order valence-corrected chi connectivity index (χ0v) is 14.2. The maximum atomic E-state index is 12.3. The lowest BCUT2D eigenvalue weighted by Gasteiger charge is -2.32. The fraction of sp³-hybridized carbons (Fsp3) is 0.471. The van der Waals surface area contributed by atoms with E-state index in [-0.39, 0.29) is 11.3 Å². The predicted molar refractivity (Wildman–Crippen MR) is 90.3 cm³/mol. The van der Waals surface area contributed by atoms with E-state index in [2.05, 4.69) is 11.4 Å². The molecule has 0 saturated heterocycles. The van der Waals surface area contributed by atoms with Crippen LogP contribution in [0, 0.1) is 11.3 Å². The Balaban J connectivity index is 1.99. The number of carbonyl (C=O) groups excluding carboxylic acids is 2. The van der Waals surface area contributed by atoms with Crippen molar-refractivity contribution in [2.75, 3.05) is 5.73 Å². The molecule has 1 aliphatic rings. The average Bonchev–Trinajstić information content (AvgIpc) is 2.58. The number of hydrogen-bond acceptors (Lipinski definition) is 5. The number of nitrogens with one attached hydrogen (secondary N) is 1. The summed E-state index contributed by atoms with van der Waals surface area (Å²) >= 11 is 5.81. The number of esters is 1. The molecule has 1 fully saturated rings. The Morgan fingerprint density at radius 3 is 2.62 bits per heavy atom. The fourth-order valence-corrected chi connectivity index (χ4v) is 2.83. The van der Waals surface area contributed by atoms with Crippen LogP contribution in [0.4, 0.5) is 5.69 Å². The SMILES string of the molecule is C[C@H](OC(=O)c1ccc(Cl)c(N)c1)C(=O)NC1(C#N)CCCCC1. The molecule has 3 N–H and O–H groups in total. The molecule has 1 aromatic carbocycles. The van der Waals surface area contributed by atoms with Gasteiger partial charge in [0, 0.05) is 0 Å². The van der Waals surface area contributed by atoms with Crippen LogP contribution in [-0.2, 0) is 9.53 Å². The summed E-state index contributed by atoms with van der Waals surface area (Å²) in [6.45, 7) is 1.47. The van der Waals surface area contributed by atoms with Crippen molar-refractivity contribution in [2.24, 2.45) is 0 Å². The summed E-state index contributed by atoms with van der Waals surface area (Å²) in [4.78, 5) is 24.4. The lowest BCUT2D eigenvalue weighted by Crippen LogP contribution is -2.52. The number of nitrogen functional groups attached to an aromatic ring is 1. The van der Waals surface area contributed by atoms with E-state index < -0.39 is 23.5 Å². The van der Waals surface area contributed by atoms with Crippen molar-refractivity contribution in [1.82, 2.24) is 5.32 Å². The molecule has 2 rings (SSSR count). The highest BCUT2D eigenvalue weighted by atomic mass is 35.5. The summed E-state index contributed by atoms with van der Waals surface area (Å²) in [7, 11) is 0. The lowest BCUT2D eigenvalue weighted by molar-refractivity contribution is -0.130. The lowest BCUT2D eigenvalue weighted by atomic mass is 9.83. The Morgan fingerprint density at radius 2 is 2.04 bits per heavy atom. The van der Waals surface area contributed by atoms with Gasteiger partial charge in [0.15, 0.2) is 6.10 Å². The number of nitriles is 1. The van der Waals surface area contributed by atoms with Gasteiger partial charge in [-0.05, 0) is 38.0 Å². The minimum Gasteiger partial charge on any atom is -0.449 e. The molecule has 24 heavy (non-hydrogen) atoms. The second-order valence-corrected chi connectivity index (χ2v) is 6.43. The topological polar surface area (TPSA) is 105 Å². The van der Waals surface area contributed by atoms with Crippen molar-refractivity contribution >= 4 is 29.2 Å². The number of carbonyl (C=O) groups is 2. The Bertz CT molecular complexity index is 678. The molecule has 0 aromatic heterocycles. The largest absolute Gasteiger partial charge is 0.449 e. The molecule has 0 radical (unpaired) electrons. The third kappa shape index (κ3) is 4.18. The number of ether oxygens (including phenoxy) is 1. The van der Waals surface area contributed by atoms with Crippen molar-refractivity contribution in [2.45, 2.75) is 50.7 Å². The summed E-state index contributed by atoms with van der Waals surface area (Å²) < 4.78 is 5.17. The Labute approximate surface area is 145 Å². The predicted octanol–water partition coefficient (Wildman–Crippen LogP) is 2.81. The molecule has 0 aliphatic heterocycles. The molecule has 0 bridgehead atoms. The van der Waals surface area contributed by atoms with Crippen molar-refractivity contribution in [3.63, 3.8) is 0 Å². The van der Waals surface area contributed by atoms with Gasteiger partial charge in [0.1, 0.15) is 5.54 Å². The van der Waals surface area contributed by atoms with Gasteiger partial charge in [0.25, 0.3) is 5.91 Å². The zero-order valence-electron chi connectivity index (χ0n) is 13.5. The second-order valence-electron chi connectivity index (χ2n) is 6.03. The number of nitrogens with two attached hydrogens (primary N) is 1. The van der Waals surface area contributed by atoms with Gasteiger partial charge in [0.05, 0.1) is 22.3 Å². The monoisotopic (exact) mass is 349 g/mol. The van der Waals surface area contributed by atoms with E-state index in [0.717, 1.165) is 19.3 Å². The normalized spacial score (nSPS) is 17.4. The maximum Gasteiger partial charge on any atom is 0.338 e. The quantitative estimate of drug-likeness (QED) is 0.642. The molecule has 0 heterocycles. The first-order chi connectivity index (χ1) is 11.4. The van der Waals surface area contributed by atoms with E-state index in [9.17, 15) is 14.9 Å². The summed E-state index contributed by atoms with van der Waals surface area (Å²) in [5, 5.41) is 12.5. The Hall–Kier alpha value is -2.26. The number of benzene rings is 1. The number of nitrogens with zero attached hydrogens (tertiary/aromatic N) is 1. The van der Waals surface area contributed by atoms with Crippen LogP contribution in [-0.4, -0.2) is 23.5 Å². The third-order valence-corrected chi connectivity index (χ3v) is 4.51. The molecule has 1 amide bonds. The van der Waals surface area contributed by atoms with Crippen molar-refractivity contribution in [1.29, 1.82) is 5.26 Å². The van der Waals surface area contributed by atoms with E-state index >= 15 is 0 Å². The fourth-order valence-electron chi connectivity index (χ4n) is 2.71. The molecule has 7 heteroatoms. The number of anilines is 1. The van der Waals surface area contributed by atoms with E-state index in [4.69, 9.17) is 22.1 Å². The minimum atomic E-state index is -1.01. The minimum absolute atomic E-state index is 0.212. The van der Waals surface area contributed by atoms with Gasteiger partial charge in [-0.2, -0.15) is 5.26 Å². The van der Waals surface area contributed by atoms with Crippen LogP contribution in [0.15, 0.2) is 18.2 Å². The van der Waals surface area contributed by atoms with Crippen LogP contribution < -0.4 is 11.1 Å². The number of halogens is 1. The second kappa shape index (κ2) is 7.54. The molecular formula is C17H20ClN3O3. The molecule has 1 aromatic rings. The van der Waals surface area contributed by atoms with Crippen LogP contribution >= 0.6 is 11.6 Å². The number of hydrogen-bond donors (Lipinski definition) is 2. The first kappa shape index (κ1) is 18.1. The Kier molecular flexibility index (Phi) is 5.68. The third-order valence-electron chi connectivity index (χ3n) is 4.17. The highest BCUT2D eigenvalue weighted by Crippen LogP contribution is 2.27. The van der Waals surface area contributed by atoms with Gasteiger partial charge < -0.3 is 15.8 Å². The maximum absolute atomic E-state index is 12.3. The smallest absolute Gasteiger partial charge is 0.338 e. The van der Waals surface area contributed by atoms with E-state index in [0.29, 0.717) is 17.9 Å². The van der Waals surface area contributed by atoms with E-state index in [1.807, 2.05) is 0 Å². The zero-order chi connectivity index (χ0) is 17.7. The van der Waals surface area contributed by atoms with E-state index in [1.54, 1.807) is 0 Å². The molecule has 1 aliphatic carbocycles. The average molecular weight is 350 g/mol. The van der Waals surface area contributed by atoms with Crippen LogP contribution in [0.2, 0.25) is 5.02 Å². The number of amides is 1. The first-order valence-electron chi connectivity index (χ1n) is 7.86. The van der Waals surface area contributed by atoms with Gasteiger partial charge in [-0.25, -0.2) is 4.79 Å². The van der Waals surface area contributed by atoms with Crippen molar-refractivity contribution in [3.05, 3.63) is 28.8 Å². The van der Waals surface area contributed by atoms with Crippen LogP contribution in [0.1, 0.15) is 49.4 Å². The highest BCUT2D eigenvalue weighted by molar-refractivity contribution is 6.33. The molecular weight excluding hydrogens is 330 g/mol. The number of rotatable bonds is 4. The Morgan fingerprint density at radius 1 is 1.38 bits per heavy atom. The van der Waals surface area contributed by atoms with Gasteiger partial charge in [-0.3, -0.25) is 4.79 Å².